The fourth-order valence-electron chi connectivity index (χ4n) is 4.32. The molecule has 2 heterocycles. The molecule has 3 amide bonds. The zero-order valence-corrected chi connectivity index (χ0v) is 22.6. The Bertz CT molecular complexity index is 1150. The molecule has 0 aliphatic carbocycles. The summed E-state index contributed by atoms with van der Waals surface area (Å²) in [4.78, 5) is 44.0. The summed E-state index contributed by atoms with van der Waals surface area (Å²) in [6.07, 6.45) is 1.13. The van der Waals surface area contributed by atoms with Gasteiger partial charge in [0, 0.05) is 23.5 Å². The average Bonchev–Trinajstić information content (AvgIpc) is 3.20. The molecule has 202 valence electrons. The topological polar surface area (TPSA) is 130 Å². The Morgan fingerprint density at radius 2 is 1.86 bits per heavy atom. The molecule has 1 aliphatic heterocycles. The zero-order chi connectivity index (χ0) is 27.5. The molecule has 1 saturated heterocycles. The van der Waals surface area contributed by atoms with E-state index in [0.29, 0.717) is 12.5 Å². The van der Waals surface area contributed by atoms with Gasteiger partial charge in [0.1, 0.15) is 23.9 Å². The second kappa shape index (κ2) is 10.8. The first-order valence-electron chi connectivity index (χ1n) is 12.5. The Labute approximate surface area is 217 Å². The number of aliphatic carboxylic acids is 1. The van der Waals surface area contributed by atoms with E-state index in [1.807, 2.05) is 72.7 Å². The smallest absolute Gasteiger partial charge is 0.326 e. The van der Waals surface area contributed by atoms with Gasteiger partial charge in [-0.25, -0.2) is 14.6 Å². The summed E-state index contributed by atoms with van der Waals surface area (Å²) in [5.41, 5.74) is -1.16. The van der Waals surface area contributed by atoms with E-state index in [-0.39, 0.29) is 13.0 Å². The molecule has 10 heteroatoms. The number of hydrogen-bond donors (Lipinski definition) is 3. The van der Waals surface area contributed by atoms with Crippen molar-refractivity contribution in [1.29, 1.82) is 0 Å². The van der Waals surface area contributed by atoms with Crippen LogP contribution in [-0.2, 0) is 9.59 Å². The molecule has 3 atom stereocenters. The predicted octanol–water partition coefficient (Wildman–Crippen LogP) is 3.58. The summed E-state index contributed by atoms with van der Waals surface area (Å²) < 4.78 is 11.7. The van der Waals surface area contributed by atoms with Crippen LogP contribution in [0.3, 0.4) is 0 Å². The molecule has 0 unspecified atom stereocenters. The number of carboxylic acid groups (broad SMARTS) is 1. The van der Waals surface area contributed by atoms with Gasteiger partial charge in [-0.05, 0) is 62.8 Å². The van der Waals surface area contributed by atoms with Gasteiger partial charge in [0.2, 0.25) is 11.8 Å². The van der Waals surface area contributed by atoms with E-state index in [4.69, 9.17) is 9.47 Å². The number of nitrogens with one attached hydrogen (secondary N) is 2. The summed E-state index contributed by atoms with van der Waals surface area (Å²) in [5, 5.41) is 17.1. The summed E-state index contributed by atoms with van der Waals surface area (Å²) in [6, 6.07) is 4.89. The number of amides is 3. The lowest BCUT2D eigenvalue weighted by atomic mass is 9.85. The molecule has 0 bridgehead atoms. The van der Waals surface area contributed by atoms with Crippen LogP contribution in [0.15, 0.2) is 30.5 Å². The minimum absolute atomic E-state index is 0.0556. The van der Waals surface area contributed by atoms with E-state index in [1.54, 1.807) is 6.20 Å². The van der Waals surface area contributed by atoms with Crippen LogP contribution in [0.4, 0.5) is 4.79 Å². The first kappa shape index (κ1) is 28.0. The molecule has 3 rings (SSSR count). The van der Waals surface area contributed by atoms with Crippen LogP contribution in [0.25, 0.3) is 10.8 Å². The number of carboxylic acids is 1. The second-order valence-corrected chi connectivity index (χ2v) is 11.4. The Balaban J connectivity index is 1.82. The minimum atomic E-state index is -1.13. The number of rotatable bonds is 7. The molecule has 3 N–H and O–H groups in total. The van der Waals surface area contributed by atoms with E-state index in [0.717, 1.165) is 16.5 Å². The van der Waals surface area contributed by atoms with E-state index >= 15 is 0 Å². The largest absolute Gasteiger partial charge is 0.494 e. The number of carbonyl (C=O) groups is 3. The van der Waals surface area contributed by atoms with Gasteiger partial charge in [-0.3, -0.25) is 4.79 Å². The molecule has 2 aromatic rings. The highest BCUT2D eigenvalue weighted by molar-refractivity contribution is 5.91. The number of carbonyl (C=O) groups excluding carboxylic acids is 2. The minimum Gasteiger partial charge on any atom is -0.494 e. The normalized spacial score (nSPS) is 18.8. The van der Waals surface area contributed by atoms with Gasteiger partial charge in [0.25, 0.3) is 0 Å². The van der Waals surface area contributed by atoms with Crippen molar-refractivity contribution in [2.24, 2.45) is 5.41 Å². The summed E-state index contributed by atoms with van der Waals surface area (Å²) in [7, 11) is 0. The van der Waals surface area contributed by atoms with Crippen molar-refractivity contribution >= 4 is 28.7 Å². The first-order valence-corrected chi connectivity index (χ1v) is 12.5. The maximum Gasteiger partial charge on any atom is 0.326 e. The Kier molecular flexibility index (Phi) is 8.19. The lowest BCUT2D eigenvalue weighted by molar-refractivity contribution is -0.150. The van der Waals surface area contributed by atoms with Crippen molar-refractivity contribution < 1.29 is 29.0 Å². The molecule has 10 nitrogen and oxygen atoms in total. The molecular formula is C27H38N4O6. The van der Waals surface area contributed by atoms with Gasteiger partial charge >= 0.3 is 12.0 Å². The monoisotopic (exact) mass is 514 g/mol. The van der Waals surface area contributed by atoms with Crippen LogP contribution in [0, 0.1) is 5.41 Å². The highest BCUT2D eigenvalue weighted by Crippen LogP contribution is 2.31. The maximum atomic E-state index is 13.7. The van der Waals surface area contributed by atoms with Gasteiger partial charge in [0.15, 0.2) is 0 Å². The zero-order valence-electron chi connectivity index (χ0n) is 22.6. The Morgan fingerprint density at radius 3 is 2.46 bits per heavy atom. The number of nitrogens with zero attached hydrogens (tertiary/aromatic N) is 2. The van der Waals surface area contributed by atoms with Gasteiger partial charge in [0.05, 0.1) is 13.2 Å². The molecule has 0 radical (unpaired) electrons. The van der Waals surface area contributed by atoms with Crippen LogP contribution in [-0.4, -0.2) is 69.8 Å². The molecule has 37 heavy (non-hydrogen) atoms. The number of fused-ring (bicyclic) bond motifs is 1. The predicted molar refractivity (Wildman–Crippen MR) is 140 cm³/mol. The number of urea groups is 1. The van der Waals surface area contributed by atoms with Crippen LogP contribution in [0.5, 0.6) is 11.6 Å². The molecule has 1 fully saturated rings. The summed E-state index contributed by atoms with van der Waals surface area (Å²) >= 11 is 0. The quantitative estimate of drug-likeness (QED) is 0.515. The van der Waals surface area contributed by atoms with E-state index in [1.165, 1.54) is 4.90 Å². The fourth-order valence-corrected chi connectivity index (χ4v) is 4.32. The first-order chi connectivity index (χ1) is 17.2. The van der Waals surface area contributed by atoms with E-state index in [2.05, 4.69) is 15.6 Å². The molecule has 1 aromatic carbocycles. The number of ether oxygens (including phenoxy) is 2. The number of likely N-dealkylation sites (tertiary alicyclic amines) is 1. The molecule has 1 aliphatic rings. The molecule has 0 spiro atoms. The van der Waals surface area contributed by atoms with Gasteiger partial charge in [-0.1, -0.05) is 20.8 Å². The van der Waals surface area contributed by atoms with Crippen LogP contribution in [0.1, 0.15) is 54.9 Å². The van der Waals surface area contributed by atoms with Gasteiger partial charge < -0.3 is 30.1 Å². The van der Waals surface area contributed by atoms with Crippen molar-refractivity contribution in [2.75, 3.05) is 13.2 Å². The number of hydrogen-bond acceptors (Lipinski definition) is 6. The molecular weight excluding hydrogens is 476 g/mol. The third-order valence-corrected chi connectivity index (χ3v) is 6.00. The van der Waals surface area contributed by atoms with Crippen molar-refractivity contribution in [3.05, 3.63) is 30.5 Å². The third-order valence-electron chi connectivity index (χ3n) is 6.00. The van der Waals surface area contributed by atoms with Crippen LogP contribution < -0.4 is 20.1 Å². The lowest BCUT2D eigenvalue weighted by Crippen LogP contribution is -2.60. The lowest BCUT2D eigenvalue weighted by Gasteiger charge is -2.35. The summed E-state index contributed by atoms with van der Waals surface area (Å²) in [5.74, 6) is -0.508. The maximum absolute atomic E-state index is 13.7. The Morgan fingerprint density at radius 1 is 1.16 bits per heavy atom. The molecule has 1 aromatic heterocycles. The fraction of sp³-hybridized carbons (Fsp3) is 0.556. The average molecular weight is 515 g/mol. The van der Waals surface area contributed by atoms with Crippen LogP contribution in [0.2, 0.25) is 0 Å². The van der Waals surface area contributed by atoms with Gasteiger partial charge in [-0.15, -0.1) is 0 Å². The highest BCUT2D eigenvalue weighted by atomic mass is 16.5. The van der Waals surface area contributed by atoms with E-state index < -0.39 is 47.0 Å². The number of pyridine rings is 1. The summed E-state index contributed by atoms with van der Waals surface area (Å²) in [6.45, 7) is 13.5. The number of aromatic nitrogens is 1. The Hall–Kier alpha value is -3.56. The SMILES string of the molecule is CCOc1ccc2c(O[C@@H]3C[C@@H](C(=O)O)N(C(=O)[C@@H](NC(=O)NC(C)(C)C)C(C)(C)C)C3)nccc2c1. The van der Waals surface area contributed by atoms with Crippen LogP contribution >= 0.6 is 0 Å². The standard InChI is InChI=1S/C27H38N4O6/c1-8-36-17-9-10-19-16(13-17)11-12-28-22(19)37-18-14-20(24(33)34)31(15-18)23(32)21(26(2,3)4)29-25(35)30-27(5,6)7/h9-13,18,20-21H,8,14-15H2,1-7H3,(H,33,34)(H2,29,30,35)/t18-,20+,21-/m1/s1. The van der Waals surface area contributed by atoms with Crippen molar-refractivity contribution in [2.45, 2.75) is 78.6 Å². The number of benzene rings is 1. The van der Waals surface area contributed by atoms with E-state index in [9.17, 15) is 19.5 Å². The van der Waals surface area contributed by atoms with Crippen molar-refractivity contribution in [1.82, 2.24) is 20.5 Å². The third kappa shape index (κ3) is 7.02. The van der Waals surface area contributed by atoms with Crippen molar-refractivity contribution in [3.63, 3.8) is 0 Å². The highest BCUT2D eigenvalue weighted by Gasteiger charge is 2.46. The van der Waals surface area contributed by atoms with Crippen molar-refractivity contribution in [3.8, 4) is 11.6 Å². The molecule has 0 saturated carbocycles. The van der Waals surface area contributed by atoms with Gasteiger partial charge in [-0.2, -0.15) is 0 Å². The second-order valence-electron chi connectivity index (χ2n) is 11.4.